The summed E-state index contributed by atoms with van der Waals surface area (Å²) in [5.74, 6) is -0.0879. The molecule has 2 amide bonds. The monoisotopic (exact) mass is 393 g/mol. The van der Waals surface area contributed by atoms with Crippen LogP contribution >= 0.6 is 0 Å². The third-order valence-corrected chi connectivity index (χ3v) is 5.55. The van der Waals surface area contributed by atoms with Gasteiger partial charge in [-0.15, -0.1) is 0 Å². The number of hydrogen-bond acceptors (Lipinski definition) is 3. The van der Waals surface area contributed by atoms with Crippen molar-refractivity contribution < 1.29 is 9.59 Å². The quantitative estimate of drug-likeness (QED) is 0.783. The molecule has 0 saturated carbocycles. The van der Waals surface area contributed by atoms with E-state index < -0.39 is 0 Å². The van der Waals surface area contributed by atoms with Crippen molar-refractivity contribution in [2.45, 2.75) is 34.2 Å². The maximum absolute atomic E-state index is 13.0. The molecule has 0 aliphatic carbocycles. The summed E-state index contributed by atoms with van der Waals surface area (Å²) in [6.45, 7) is 11.7. The highest BCUT2D eigenvalue weighted by Crippen LogP contribution is 2.26. The number of nitrogens with zero attached hydrogens (tertiary/aromatic N) is 3. The molecule has 5 heteroatoms. The van der Waals surface area contributed by atoms with E-state index in [2.05, 4.69) is 41.3 Å². The SMILES string of the molecule is CC(=O)N(CC(=O)N1CCN(Cc2ccccc2)CC1)c1c(C)cc(C)cc1C. The number of hydrogen-bond donors (Lipinski definition) is 0. The molecule has 1 aliphatic rings. The van der Waals surface area contributed by atoms with Crippen molar-refractivity contribution in [3.8, 4) is 0 Å². The molecule has 2 aromatic carbocycles. The molecule has 1 saturated heterocycles. The molecule has 2 aromatic rings. The normalized spacial score (nSPS) is 14.7. The van der Waals surface area contributed by atoms with E-state index in [9.17, 15) is 9.59 Å². The zero-order valence-electron chi connectivity index (χ0n) is 17.9. The molecule has 0 aromatic heterocycles. The second-order valence-electron chi connectivity index (χ2n) is 8.00. The van der Waals surface area contributed by atoms with Gasteiger partial charge in [0.15, 0.2) is 0 Å². The van der Waals surface area contributed by atoms with Crippen LogP contribution in [0.3, 0.4) is 0 Å². The summed E-state index contributed by atoms with van der Waals surface area (Å²) in [5, 5.41) is 0. The largest absolute Gasteiger partial charge is 0.339 e. The second-order valence-corrected chi connectivity index (χ2v) is 8.00. The van der Waals surface area contributed by atoms with Gasteiger partial charge < -0.3 is 9.80 Å². The van der Waals surface area contributed by atoms with E-state index >= 15 is 0 Å². The predicted octanol–water partition coefficient (Wildman–Crippen LogP) is 3.31. The van der Waals surface area contributed by atoms with Crippen LogP contribution in [0.5, 0.6) is 0 Å². The number of anilines is 1. The number of rotatable bonds is 5. The smallest absolute Gasteiger partial charge is 0.242 e. The molecule has 0 unspecified atom stereocenters. The average Bonchev–Trinajstić information content (AvgIpc) is 2.67. The Hall–Kier alpha value is -2.66. The van der Waals surface area contributed by atoms with Crippen LogP contribution in [-0.4, -0.2) is 54.3 Å². The molecule has 1 aliphatic heterocycles. The van der Waals surface area contributed by atoms with E-state index in [1.807, 2.05) is 31.7 Å². The topological polar surface area (TPSA) is 43.9 Å². The van der Waals surface area contributed by atoms with Crippen LogP contribution in [-0.2, 0) is 16.1 Å². The molecule has 0 atom stereocenters. The number of benzene rings is 2. The highest BCUT2D eigenvalue weighted by Gasteiger charge is 2.25. The van der Waals surface area contributed by atoms with E-state index in [4.69, 9.17) is 0 Å². The van der Waals surface area contributed by atoms with Crippen LogP contribution in [0.4, 0.5) is 5.69 Å². The van der Waals surface area contributed by atoms with E-state index in [1.165, 1.54) is 12.5 Å². The molecular weight excluding hydrogens is 362 g/mol. The van der Waals surface area contributed by atoms with Crippen LogP contribution in [0.15, 0.2) is 42.5 Å². The van der Waals surface area contributed by atoms with Gasteiger partial charge in [0.05, 0.1) is 5.69 Å². The highest BCUT2D eigenvalue weighted by molar-refractivity contribution is 5.98. The summed E-state index contributed by atoms with van der Waals surface area (Å²) in [6.07, 6.45) is 0. The van der Waals surface area contributed by atoms with E-state index in [0.717, 1.165) is 42.0 Å². The molecular formula is C24H31N3O2. The van der Waals surface area contributed by atoms with E-state index in [1.54, 1.807) is 4.90 Å². The lowest BCUT2D eigenvalue weighted by atomic mass is 10.0. The van der Waals surface area contributed by atoms with Gasteiger partial charge in [-0.25, -0.2) is 0 Å². The van der Waals surface area contributed by atoms with E-state index in [0.29, 0.717) is 13.1 Å². The van der Waals surface area contributed by atoms with Gasteiger partial charge in [-0.05, 0) is 37.5 Å². The molecule has 5 nitrogen and oxygen atoms in total. The molecule has 3 rings (SSSR count). The third-order valence-electron chi connectivity index (χ3n) is 5.55. The predicted molar refractivity (Wildman–Crippen MR) is 117 cm³/mol. The van der Waals surface area contributed by atoms with Gasteiger partial charge >= 0.3 is 0 Å². The van der Waals surface area contributed by atoms with Crippen LogP contribution in [0, 0.1) is 20.8 Å². The van der Waals surface area contributed by atoms with Crippen LogP contribution in [0.2, 0.25) is 0 Å². The van der Waals surface area contributed by atoms with Crippen molar-refractivity contribution >= 4 is 17.5 Å². The fraction of sp³-hybridized carbons (Fsp3) is 0.417. The van der Waals surface area contributed by atoms with Crippen molar-refractivity contribution in [1.29, 1.82) is 0 Å². The van der Waals surface area contributed by atoms with Gasteiger partial charge in [0, 0.05) is 39.6 Å². The fourth-order valence-electron chi connectivity index (χ4n) is 4.18. The number of carbonyl (C=O) groups is 2. The van der Waals surface area contributed by atoms with Gasteiger partial charge in [-0.2, -0.15) is 0 Å². The Morgan fingerprint density at radius 1 is 0.931 bits per heavy atom. The molecule has 0 N–H and O–H groups in total. The number of piperazine rings is 1. The number of amides is 2. The Kier molecular flexibility index (Phi) is 6.70. The van der Waals surface area contributed by atoms with Crippen LogP contribution < -0.4 is 4.90 Å². The minimum absolute atomic E-state index is 0.0129. The fourth-order valence-corrected chi connectivity index (χ4v) is 4.18. The van der Waals surface area contributed by atoms with E-state index in [-0.39, 0.29) is 18.4 Å². The lowest BCUT2D eigenvalue weighted by Crippen LogP contribution is -2.51. The maximum Gasteiger partial charge on any atom is 0.242 e. The first-order valence-corrected chi connectivity index (χ1v) is 10.2. The maximum atomic E-state index is 13.0. The third kappa shape index (κ3) is 5.24. The molecule has 154 valence electrons. The number of aryl methyl sites for hydroxylation is 3. The summed E-state index contributed by atoms with van der Waals surface area (Å²) >= 11 is 0. The molecule has 1 fully saturated rings. The van der Waals surface area contributed by atoms with Gasteiger partial charge in [0.25, 0.3) is 0 Å². The van der Waals surface area contributed by atoms with Gasteiger partial charge in [-0.1, -0.05) is 48.0 Å². The summed E-state index contributed by atoms with van der Waals surface area (Å²) in [7, 11) is 0. The minimum Gasteiger partial charge on any atom is -0.339 e. The molecule has 29 heavy (non-hydrogen) atoms. The number of carbonyl (C=O) groups excluding carboxylic acids is 2. The zero-order chi connectivity index (χ0) is 21.0. The summed E-state index contributed by atoms with van der Waals surface area (Å²) in [4.78, 5) is 31.2. The van der Waals surface area contributed by atoms with Crippen molar-refractivity contribution in [3.05, 3.63) is 64.7 Å². The Morgan fingerprint density at radius 3 is 2.07 bits per heavy atom. The molecule has 0 bridgehead atoms. The van der Waals surface area contributed by atoms with Crippen LogP contribution in [0.25, 0.3) is 0 Å². The second kappa shape index (κ2) is 9.23. The Morgan fingerprint density at radius 2 is 1.52 bits per heavy atom. The Labute approximate surface area is 173 Å². The van der Waals surface area contributed by atoms with Crippen LogP contribution in [0.1, 0.15) is 29.2 Å². The summed E-state index contributed by atoms with van der Waals surface area (Å²) < 4.78 is 0. The van der Waals surface area contributed by atoms with Crippen molar-refractivity contribution in [2.24, 2.45) is 0 Å². The van der Waals surface area contributed by atoms with Gasteiger partial charge in [0.1, 0.15) is 6.54 Å². The summed E-state index contributed by atoms with van der Waals surface area (Å²) in [5.41, 5.74) is 5.36. The first-order chi connectivity index (χ1) is 13.8. The van der Waals surface area contributed by atoms with Crippen molar-refractivity contribution in [1.82, 2.24) is 9.80 Å². The molecule has 0 radical (unpaired) electrons. The van der Waals surface area contributed by atoms with Crippen molar-refractivity contribution in [2.75, 3.05) is 37.6 Å². The molecule has 0 spiro atoms. The zero-order valence-corrected chi connectivity index (χ0v) is 17.9. The first kappa shape index (κ1) is 21.1. The Bertz CT molecular complexity index is 848. The van der Waals surface area contributed by atoms with Gasteiger partial charge in [0.2, 0.25) is 11.8 Å². The minimum atomic E-state index is -0.101. The lowest BCUT2D eigenvalue weighted by molar-refractivity contribution is -0.132. The molecule has 1 heterocycles. The standard InChI is InChI=1S/C24H31N3O2/c1-18-14-19(2)24(20(3)15-18)27(21(4)28)17-23(29)26-12-10-25(11-13-26)16-22-8-6-5-7-9-22/h5-9,14-15H,10-13,16-17H2,1-4H3. The van der Waals surface area contributed by atoms with Crippen molar-refractivity contribution in [3.63, 3.8) is 0 Å². The Balaban J connectivity index is 1.62. The van der Waals surface area contributed by atoms with Gasteiger partial charge in [-0.3, -0.25) is 14.5 Å². The first-order valence-electron chi connectivity index (χ1n) is 10.2. The highest BCUT2D eigenvalue weighted by atomic mass is 16.2. The lowest BCUT2D eigenvalue weighted by Gasteiger charge is -2.36. The summed E-state index contributed by atoms with van der Waals surface area (Å²) in [6, 6.07) is 14.5. The average molecular weight is 394 g/mol.